The summed E-state index contributed by atoms with van der Waals surface area (Å²) in [4.78, 5) is 4.85. The SMILES string of the molecule is CC1(C)c2ccccc2-c2ccc(N(c3ccccc3)c3cccc([Si](c4ccccc4)(c4ccccc4)c4ccc(N(c5ccccc5)c5ccc6c(c5)sc5ccccc56)cc4)c3)cc21. The molecule has 2 nitrogen and oxygen atoms in total. The molecule has 0 saturated heterocycles. The van der Waals surface area contributed by atoms with Gasteiger partial charge in [0.1, 0.15) is 0 Å². The van der Waals surface area contributed by atoms with Crippen LogP contribution >= 0.6 is 11.3 Å². The lowest BCUT2D eigenvalue weighted by molar-refractivity contribution is 0.660. The summed E-state index contributed by atoms with van der Waals surface area (Å²) < 4.78 is 2.60. The minimum absolute atomic E-state index is 0.123. The molecule has 1 aromatic heterocycles. The van der Waals surface area contributed by atoms with Gasteiger partial charge in [0.05, 0.1) is 0 Å². The Balaban J connectivity index is 1.03. The van der Waals surface area contributed by atoms with E-state index in [1.807, 2.05) is 11.3 Å². The van der Waals surface area contributed by atoms with Crippen molar-refractivity contribution in [3.05, 3.63) is 266 Å². The van der Waals surface area contributed by atoms with E-state index in [1.165, 1.54) is 63.2 Å². The molecule has 10 aromatic carbocycles. The van der Waals surface area contributed by atoms with Crippen LogP contribution in [0, 0.1) is 0 Å². The highest BCUT2D eigenvalue weighted by Crippen LogP contribution is 2.50. The summed E-state index contributed by atoms with van der Waals surface area (Å²) >= 11 is 1.86. The van der Waals surface area contributed by atoms with Gasteiger partial charge >= 0.3 is 0 Å². The van der Waals surface area contributed by atoms with Gasteiger partial charge < -0.3 is 9.80 Å². The van der Waals surface area contributed by atoms with Crippen LogP contribution in [0.1, 0.15) is 25.0 Å². The van der Waals surface area contributed by atoms with Crippen LogP contribution in [0.15, 0.2) is 255 Å². The lowest BCUT2D eigenvalue weighted by atomic mass is 9.82. The molecule has 67 heavy (non-hydrogen) atoms. The van der Waals surface area contributed by atoms with Crippen molar-refractivity contribution in [3.63, 3.8) is 0 Å². The van der Waals surface area contributed by atoms with Crippen LogP contribution in [0.5, 0.6) is 0 Å². The third kappa shape index (κ3) is 6.83. The summed E-state index contributed by atoms with van der Waals surface area (Å²) in [6.45, 7) is 4.73. The van der Waals surface area contributed by atoms with E-state index in [4.69, 9.17) is 0 Å². The van der Waals surface area contributed by atoms with Gasteiger partial charge in [-0.3, -0.25) is 0 Å². The molecule has 0 spiro atoms. The minimum atomic E-state index is -2.98. The zero-order chi connectivity index (χ0) is 45.0. The number of thiophene rings is 1. The summed E-state index contributed by atoms with van der Waals surface area (Å²) in [5.74, 6) is 0. The molecular weight excluding hydrogens is 845 g/mol. The molecule has 11 aromatic rings. The van der Waals surface area contributed by atoms with Crippen molar-refractivity contribution in [1.82, 2.24) is 0 Å². The molecule has 0 bridgehead atoms. The van der Waals surface area contributed by atoms with E-state index in [0.29, 0.717) is 0 Å². The number of hydrogen-bond donors (Lipinski definition) is 0. The quantitative estimate of drug-likeness (QED) is 0.0997. The first kappa shape index (κ1) is 40.7. The number of fused-ring (bicyclic) bond motifs is 6. The molecule has 0 unspecified atom stereocenters. The Morgan fingerprint density at radius 3 is 1.45 bits per heavy atom. The van der Waals surface area contributed by atoms with Crippen molar-refractivity contribution in [2.24, 2.45) is 0 Å². The zero-order valence-electron chi connectivity index (χ0n) is 37.6. The first-order valence-electron chi connectivity index (χ1n) is 23.2. The van der Waals surface area contributed by atoms with Gasteiger partial charge in [0, 0.05) is 59.7 Å². The van der Waals surface area contributed by atoms with Crippen LogP contribution in [0.2, 0.25) is 0 Å². The van der Waals surface area contributed by atoms with Crippen molar-refractivity contribution in [2.45, 2.75) is 19.3 Å². The predicted octanol–water partition coefficient (Wildman–Crippen LogP) is 14.7. The van der Waals surface area contributed by atoms with E-state index in [9.17, 15) is 0 Å². The van der Waals surface area contributed by atoms with Crippen LogP contribution in [0.3, 0.4) is 0 Å². The maximum atomic E-state index is 2.48. The van der Waals surface area contributed by atoms with Gasteiger partial charge in [-0.25, -0.2) is 0 Å². The van der Waals surface area contributed by atoms with E-state index in [1.54, 1.807) is 0 Å². The number of hydrogen-bond acceptors (Lipinski definition) is 3. The topological polar surface area (TPSA) is 6.48 Å². The van der Waals surface area contributed by atoms with Crippen molar-refractivity contribution in [1.29, 1.82) is 0 Å². The van der Waals surface area contributed by atoms with Crippen LogP contribution in [-0.4, -0.2) is 8.07 Å². The molecule has 0 saturated carbocycles. The fourth-order valence-corrected chi connectivity index (χ4v) is 16.7. The zero-order valence-corrected chi connectivity index (χ0v) is 39.4. The summed E-state index contributed by atoms with van der Waals surface area (Å²) in [5, 5.41) is 7.93. The number of para-hydroxylation sites is 2. The Morgan fingerprint density at radius 1 is 0.313 bits per heavy atom. The highest BCUT2D eigenvalue weighted by Gasteiger charge is 2.42. The van der Waals surface area contributed by atoms with Gasteiger partial charge in [-0.2, -0.15) is 0 Å². The Morgan fingerprint density at radius 2 is 0.761 bits per heavy atom. The fraction of sp³-hybridized carbons (Fsp3) is 0.0476. The average Bonchev–Trinajstić information content (AvgIpc) is 3.87. The van der Waals surface area contributed by atoms with Crippen molar-refractivity contribution in [2.75, 3.05) is 9.80 Å². The largest absolute Gasteiger partial charge is 0.310 e. The van der Waals surface area contributed by atoms with Crippen LogP contribution in [-0.2, 0) is 5.41 Å². The molecule has 4 heteroatoms. The molecule has 0 amide bonds. The number of nitrogens with zero attached hydrogens (tertiary/aromatic N) is 2. The maximum Gasteiger partial charge on any atom is 0.179 e. The van der Waals surface area contributed by atoms with Crippen LogP contribution in [0.25, 0.3) is 31.3 Å². The summed E-state index contributed by atoms with van der Waals surface area (Å²) in [5.41, 5.74) is 12.0. The molecule has 0 fully saturated rings. The Hall–Kier alpha value is -7.76. The van der Waals surface area contributed by atoms with Gasteiger partial charge in [0.25, 0.3) is 0 Å². The maximum absolute atomic E-state index is 2.98. The summed E-state index contributed by atoms with van der Waals surface area (Å²) in [6.07, 6.45) is 0. The third-order valence-corrected chi connectivity index (χ3v) is 19.9. The second-order valence-electron chi connectivity index (χ2n) is 18.1. The first-order chi connectivity index (χ1) is 33.0. The molecule has 12 rings (SSSR count). The molecule has 1 aliphatic carbocycles. The second kappa shape index (κ2) is 16.6. The molecule has 0 radical (unpaired) electrons. The highest BCUT2D eigenvalue weighted by atomic mass is 32.1. The van der Waals surface area contributed by atoms with Crippen LogP contribution < -0.4 is 30.5 Å². The van der Waals surface area contributed by atoms with Crippen LogP contribution in [0.4, 0.5) is 34.1 Å². The Kier molecular flexibility index (Phi) is 10.1. The van der Waals surface area contributed by atoms with Crippen molar-refractivity contribution >= 4 is 94.5 Å². The summed E-state index contributed by atoms with van der Waals surface area (Å²) in [7, 11) is -2.98. The predicted molar refractivity (Wildman–Crippen MR) is 290 cm³/mol. The smallest absolute Gasteiger partial charge is 0.179 e. The molecule has 0 atom stereocenters. The van der Waals surface area contributed by atoms with Crippen molar-refractivity contribution in [3.8, 4) is 11.1 Å². The molecular formula is C63H48N2SSi. The van der Waals surface area contributed by atoms with Crippen molar-refractivity contribution < 1.29 is 0 Å². The Labute approximate surface area is 398 Å². The molecule has 0 N–H and O–H groups in total. The second-order valence-corrected chi connectivity index (χ2v) is 23.0. The number of rotatable bonds is 10. The summed E-state index contributed by atoms with van der Waals surface area (Å²) in [6, 6.07) is 94.7. The normalized spacial score (nSPS) is 12.7. The highest BCUT2D eigenvalue weighted by molar-refractivity contribution is 7.25. The average molecular weight is 893 g/mol. The van der Waals surface area contributed by atoms with Gasteiger partial charge in [-0.05, 0) is 122 Å². The first-order valence-corrected chi connectivity index (χ1v) is 26.0. The third-order valence-electron chi connectivity index (χ3n) is 14.0. The molecule has 1 heterocycles. The van der Waals surface area contributed by atoms with Gasteiger partial charge in [0.15, 0.2) is 8.07 Å². The molecule has 1 aliphatic rings. The van der Waals surface area contributed by atoms with E-state index < -0.39 is 8.07 Å². The lowest BCUT2D eigenvalue weighted by Crippen LogP contribution is -2.74. The standard InChI is InChI=1S/C63H48N2SSi/c1-63(2)59-32-17-15-30-55(59)56-40-36-49(43-60(56)63)65(46-22-9-4-10-23-46)48-24-19-29-54(42-48)67(51-25-11-5-12-26-51,52-27-13-6-14-28-52)53-38-34-47(35-39-53)64(45-20-7-3-8-21-45)50-37-41-58-57-31-16-18-33-61(57)66-62(58)44-50/h3-44H,1-2H3. The lowest BCUT2D eigenvalue weighted by Gasteiger charge is -2.36. The fourth-order valence-electron chi connectivity index (χ4n) is 10.8. The number of anilines is 6. The van der Waals surface area contributed by atoms with Gasteiger partial charge in [0.2, 0.25) is 0 Å². The van der Waals surface area contributed by atoms with E-state index in [-0.39, 0.29) is 5.41 Å². The van der Waals surface area contributed by atoms with Gasteiger partial charge in [-0.15, -0.1) is 11.3 Å². The molecule has 320 valence electrons. The van der Waals surface area contributed by atoms with E-state index in [0.717, 1.165) is 34.1 Å². The Bertz CT molecular complexity index is 3510. The van der Waals surface area contributed by atoms with E-state index in [2.05, 4.69) is 278 Å². The minimum Gasteiger partial charge on any atom is -0.310 e. The van der Waals surface area contributed by atoms with E-state index >= 15 is 0 Å². The molecule has 0 aliphatic heterocycles. The number of benzene rings is 10. The van der Waals surface area contributed by atoms with Gasteiger partial charge in [-0.1, -0.05) is 190 Å². The monoisotopic (exact) mass is 892 g/mol.